The van der Waals surface area contributed by atoms with Gasteiger partial charge in [0.2, 0.25) is 0 Å². The van der Waals surface area contributed by atoms with Crippen LogP contribution in [0.3, 0.4) is 0 Å². The maximum atomic E-state index is 0. The molecule has 0 rings (SSSR count). The van der Waals surface area contributed by atoms with E-state index in [1.165, 1.54) is 0 Å². The zero-order valence-corrected chi connectivity index (χ0v) is 7.76. The van der Waals surface area contributed by atoms with E-state index < -0.39 is 0 Å². The molecule has 0 amide bonds. The SMILES string of the molecule is [Fe].[Fe].[H-].[Na+].[V]. The monoisotopic (exact) mass is 187 g/mol. The van der Waals surface area contributed by atoms with Crippen molar-refractivity contribution in [2.75, 3.05) is 0 Å². The molecular formula is HFe2NaV. The summed E-state index contributed by atoms with van der Waals surface area (Å²) in [7, 11) is 0. The number of hydrogen-bond donors (Lipinski definition) is 0. The van der Waals surface area contributed by atoms with E-state index >= 15 is 0 Å². The molecule has 0 fully saturated rings. The summed E-state index contributed by atoms with van der Waals surface area (Å²) in [4.78, 5) is 0. The van der Waals surface area contributed by atoms with E-state index in [1.807, 2.05) is 0 Å². The second-order valence-corrected chi connectivity index (χ2v) is 0. The van der Waals surface area contributed by atoms with Crippen LogP contribution in [0.1, 0.15) is 1.43 Å². The Morgan fingerprint density at radius 1 is 1.00 bits per heavy atom. The molecule has 0 unspecified atom stereocenters. The first-order chi connectivity index (χ1) is 0. The smallest absolute Gasteiger partial charge is 1.00 e. The zero-order valence-electron chi connectivity index (χ0n) is 3.15. The molecule has 0 bridgehead atoms. The van der Waals surface area contributed by atoms with Gasteiger partial charge in [0.1, 0.15) is 0 Å². The molecular weight excluding hydrogens is 186 g/mol. The van der Waals surface area contributed by atoms with Crippen molar-refractivity contribution >= 4 is 0 Å². The van der Waals surface area contributed by atoms with E-state index in [0.717, 1.165) is 0 Å². The Morgan fingerprint density at radius 2 is 1.00 bits per heavy atom. The minimum atomic E-state index is 0. The third-order valence-corrected chi connectivity index (χ3v) is 0. The maximum absolute atomic E-state index is 0. The fourth-order valence-corrected chi connectivity index (χ4v) is 0. The van der Waals surface area contributed by atoms with Crippen molar-refractivity contribution < 1.29 is 83.7 Å². The van der Waals surface area contributed by atoms with E-state index in [4.69, 9.17) is 0 Å². The van der Waals surface area contributed by atoms with Crippen molar-refractivity contribution in [2.24, 2.45) is 0 Å². The Morgan fingerprint density at radius 3 is 1.00 bits per heavy atom. The van der Waals surface area contributed by atoms with Crippen LogP contribution < -0.4 is 29.6 Å². The molecule has 23 valence electrons. The molecule has 0 nitrogen and oxygen atoms in total. The molecule has 0 N–H and O–H groups in total. The molecule has 0 aliphatic carbocycles. The molecule has 1 radical (unpaired) electrons. The summed E-state index contributed by atoms with van der Waals surface area (Å²) < 4.78 is 0. The van der Waals surface area contributed by atoms with Gasteiger partial charge in [-0.2, -0.15) is 0 Å². The maximum Gasteiger partial charge on any atom is 1.00 e. The quantitative estimate of drug-likeness (QED) is 0.357. The molecule has 0 aromatic rings. The van der Waals surface area contributed by atoms with Gasteiger partial charge in [-0.25, -0.2) is 0 Å². The van der Waals surface area contributed by atoms with Crippen LogP contribution in [0.5, 0.6) is 0 Å². The van der Waals surface area contributed by atoms with Gasteiger partial charge in [0.05, 0.1) is 0 Å². The normalized spacial score (nSPS) is 0. The molecule has 0 aliphatic heterocycles. The first-order valence-electron chi connectivity index (χ1n) is 0. The largest absolute Gasteiger partial charge is 1.00 e. The molecule has 0 spiro atoms. The van der Waals surface area contributed by atoms with Gasteiger partial charge >= 0.3 is 29.6 Å². The predicted octanol–water partition coefficient (Wildman–Crippen LogP) is -2.89. The second kappa shape index (κ2) is 17.5. The van der Waals surface area contributed by atoms with Crippen molar-refractivity contribution in [1.29, 1.82) is 0 Å². The van der Waals surface area contributed by atoms with Crippen molar-refractivity contribution in [3.8, 4) is 0 Å². The molecule has 0 saturated carbocycles. The molecule has 0 aliphatic rings. The Bertz CT molecular complexity index is 9.61. The minimum Gasteiger partial charge on any atom is -1.00 e. The molecule has 0 aromatic heterocycles. The Hall–Kier alpha value is 2.62. The minimum absolute atomic E-state index is 0. The molecule has 4 heavy (non-hydrogen) atoms. The number of hydrogen-bond acceptors (Lipinski definition) is 0. The van der Waals surface area contributed by atoms with Gasteiger partial charge in [0, 0.05) is 52.7 Å². The second-order valence-electron chi connectivity index (χ2n) is 0. The summed E-state index contributed by atoms with van der Waals surface area (Å²) in [6.07, 6.45) is 0. The average molecular weight is 187 g/mol. The summed E-state index contributed by atoms with van der Waals surface area (Å²) in [5.74, 6) is 0. The molecule has 0 heterocycles. The third-order valence-electron chi connectivity index (χ3n) is 0. The van der Waals surface area contributed by atoms with Crippen LogP contribution in [-0.4, -0.2) is 0 Å². The predicted molar refractivity (Wildman–Crippen MR) is 1.11 cm³/mol. The summed E-state index contributed by atoms with van der Waals surface area (Å²) in [5.41, 5.74) is 0. The third kappa shape index (κ3) is 8.82. The van der Waals surface area contributed by atoms with E-state index in [-0.39, 0.29) is 83.7 Å². The van der Waals surface area contributed by atoms with Gasteiger partial charge in [0.15, 0.2) is 0 Å². The van der Waals surface area contributed by atoms with E-state index in [9.17, 15) is 0 Å². The Kier molecular flexibility index (Phi) is 133. The summed E-state index contributed by atoms with van der Waals surface area (Å²) in [6.45, 7) is 0. The standard InChI is InChI=1S/2Fe.Na.V.H/q;;+1;;-1. The summed E-state index contributed by atoms with van der Waals surface area (Å²) in [5, 5.41) is 0. The van der Waals surface area contributed by atoms with Crippen LogP contribution in [0.4, 0.5) is 0 Å². The Labute approximate surface area is 82.5 Å². The van der Waals surface area contributed by atoms with Gasteiger partial charge in [0.25, 0.3) is 0 Å². The van der Waals surface area contributed by atoms with E-state index in [0.29, 0.717) is 0 Å². The van der Waals surface area contributed by atoms with Gasteiger partial charge in [-0.15, -0.1) is 0 Å². The molecule has 0 aromatic carbocycles. The molecule has 0 saturated heterocycles. The first-order valence-corrected chi connectivity index (χ1v) is 0. The topological polar surface area (TPSA) is 0 Å². The molecule has 0 atom stereocenters. The van der Waals surface area contributed by atoms with Crippen LogP contribution in [0.15, 0.2) is 0 Å². The van der Waals surface area contributed by atoms with Crippen LogP contribution in [0.25, 0.3) is 0 Å². The summed E-state index contributed by atoms with van der Waals surface area (Å²) >= 11 is 0. The van der Waals surface area contributed by atoms with Crippen molar-refractivity contribution in [2.45, 2.75) is 0 Å². The number of rotatable bonds is 0. The van der Waals surface area contributed by atoms with Gasteiger partial charge in [-0.05, 0) is 0 Å². The zero-order chi connectivity index (χ0) is 0. The first kappa shape index (κ1) is 30.4. The van der Waals surface area contributed by atoms with Crippen molar-refractivity contribution in [3.05, 3.63) is 0 Å². The van der Waals surface area contributed by atoms with Crippen molar-refractivity contribution in [1.82, 2.24) is 0 Å². The van der Waals surface area contributed by atoms with Crippen LogP contribution in [-0.2, 0) is 52.7 Å². The van der Waals surface area contributed by atoms with Gasteiger partial charge in [-0.1, -0.05) is 0 Å². The van der Waals surface area contributed by atoms with Crippen LogP contribution in [0.2, 0.25) is 0 Å². The van der Waals surface area contributed by atoms with Gasteiger partial charge < -0.3 is 1.43 Å². The van der Waals surface area contributed by atoms with E-state index in [1.54, 1.807) is 0 Å². The fourth-order valence-electron chi connectivity index (χ4n) is 0. The van der Waals surface area contributed by atoms with E-state index in [2.05, 4.69) is 0 Å². The Balaban J connectivity index is 0. The van der Waals surface area contributed by atoms with Crippen molar-refractivity contribution in [3.63, 3.8) is 0 Å². The molecule has 4 heteroatoms. The van der Waals surface area contributed by atoms with Gasteiger partial charge in [-0.3, -0.25) is 0 Å². The fraction of sp³-hybridized carbons (Fsp3) is 0. The average Bonchev–Trinajstić information content (AvgIpc) is 0. The van der Waals surface area contributed by atoms with Crippen LogP contribution >= 0.6 is 0 Å². The summed E-state index contributed by atoms with van der Waals surface area (Å²) in [6, 6.07) is 0. The van der Waals surface area contributed by atoms with Crippen LogP contribution in [0, 0.1) is 0 Å².